The molecule has 1 N–H and O–H groups in total. The van der Waals surface area contributed by atoms with Gasteiger partial charge in [-0.05, 0) is 42.2 Å². The molecule has 0 saturated carbocycles. The molecule has 5 nitrogen and oxygen atoms in total. The molecule has 0 radical (unpaired) electrons. The van der Waals surface area contributed by atoms with E-state index in [2.05, 4.69) is 11.9 Å². The van der Waals surface area contributed by atoms with Gasteiger partial charge >= 0.3 is 0 Å². The standard InChI is InChI=1S/C29H33NO4/c1-4-19-29(34-5-2,25-14-10-7-11-15-25)28(31)30-20-18-23-16-17-26(27(21-23)32-3)33-22-24-12-8-6-9-13-24/h4,6-17,21H,1,5,18-20,22H2,2-3H3,(H,30,31). The van der Waals surface area contributed by atoms with E-state index < -0.39 is 5.60 Å². The molecular weight excluding hydrogens is 426 g/mol. The number of carbonyl (C=O) groups excluding carboxylic acids is 1. The van der Waals surface area contributed by atoms with Crippen molar-refractivity contribution < 1.29 is 19.0 Å². The number of ether oxygens (including phenoxy) is 3. The second-order valence-electron chi connectivity index (χ2n) is 7.88. The molecule has 1 amide bonds. The molecule has 0 saturated heterocycles. The van der Waals surface area contributed by atoms with Crippen molar-refractivity contribution in [3.63, 3.8) is 0 Å². The number of carbonyl (C=O) groups is 1. The predicted octanol–water partition coefficient (Wildman–Crippen LogP) is 5.44. The van der Waals surface area contributed by atoms with E-state index in [1.807, 2.05) is 85.8 Å². The first kappa shape index (κ1) is 25.1. The Morgan fingerprint density at radius 2 is 1.68 bits per heavy atom. The van der Waals surface area contributed by atoms with Gasteiger partial charge in [0, 0.05) is 19.6 Å². The van der Waals surface area contributed by atoms with Gasteiger partial charge in [-0.1, -0.05) is 72.8 Å². The number of hydrogen-bond donors (Lipinski definition) is 1. The van der Waals surface area contributed by atoms with Crippen molar-refractivity contribution in [1.82, 2.24) is 5.32 Å². The highest BCUT2D eigenvalue weighted by atomic mass is 16.5. The maximum absolute atomic E-state index is 13.3. The molecule has 0 fully saturated rings. The molecule has 5 heteroatoms. The fourth-order valence-electron chi connectivity index (χ4n) is 3.89. The van der Waals surface area contributed by atoms with Gasteiger partial charge in [0.1, 0.15) is 6.61 Å². The van der Waals surface area contributed by atoms with Gasteiger partial charge in [-0.2, -0.15) is 0 Å². The van der Waals surface area contributed by atoms with Crippen LogP contribution in [0.15, 0.2) is 91.5 Å². The van der Waals surface area contributed by atoms with Gasteiger partial charge in [0.2, 0.25) is 0 Å². The predicted molar refractivity (Wildman–Crippen MR) is 135 cm³/mol. The van der Waals surface area contributed by atoms with Crippen LogP contribution in [-0.4, -0.2) is 26.2 Å². The molecule has 34 heavy (non-hydrogen) atoms. The summed E-state index contributed by atoms with van der Waals surface area (Å²) in [6, 6.07) is 25.4. The summed E-state index contributed by atoms with van der Waals surface area (Å²) in [4.78, 5) is 13.3. The summed E-state index contributed by atoms with van der Waals surface area (Å²) in [5, 5.41) is 3.06. The van der Waals surface area contributed by atoms with Crippen LogP contribution >= 0.6 is 0 Å². The number of benzene rings is 3. The fraction of sp³-hybridized carbons (Fsp3) is 0.276. The molecule has 3 aromatic carbocycles. The third-order valence-corrected chi connectivity index (χ3v) is 5.59. The Labute approximate surface area is 202 Å². The first-order valence-corrected chi connectivity index (χ1v) is 11.5. The first-order chi connectivity index (χ1) is 16.6. The van der Waals surface area contributed by atoms with Crippen LogP contribution in [0.3, 0.4) is 0 Å². The van der Waals surface area contributed by atoms with Crippen molar-refractivity contribution in [2.45, 2.75) is 32.0 Å². The highest BCUT2D eigenvalue weighted by Gasteiger charge is 2.39. The van der Waals surface area contributed by atoms with Gasteiger partial charge < -0.3 is 19.5 Å². The second-order valence-corrected chi connectivity index (χ2v) is 7.88. The summed E-state index contributed by atoms with van der Waals surface area (Å²) in [5.41, 5.74) is 1.85. The number of methoxy groups -OCH3 is 1. The topological polar surface area (TPSA) is 56.8 Å². The Morgan fingerprint density at radius 3 is 2.32 bits per heavy atom. The minimum absolute atomic E-state index is 0.171. The molecule has 3 aromatic rings. The van der Waals surface area contributed by atoms with Crippen molar-refractivity contribution in [3.05, 3.63) is 108 Å². The lowest BCUT2D eigenvalue weighted by Crippen LogP contribution is -2.47. The molecule has 0 aliphatic rings. The molecule has 1 atom stereocenters. The summed E-state index contributed by atoms with van der Waals surface area (Å²) < 4.78 is 17.5. The number of rotatable bonds is 13. The minimum Gasteiger partial charge on any atom is -0.493 e. The van der Waals surface area contributed by atoms with E-state index in [0.717, 1.165) is 16.7 Å². The van der Waals surface area contributed by atoms with E-state index in [4.69, 9.17) is 14.2 Å². The number of nitrogens with one attached hydrogen (secondary N) is 1. The Kier molecular flexibility index (Phi) is 9.30. The van der Waals surface area contributed by atoms with Gasteiger partial charge in [-0.25, -0.2) is 0 Å². The molecular formula is C29H33NO4. The monoisotopic (exact) mass is 459 g/mol. The lowest BCUT2D eigenvalue weighted by Gasteiger charge is -2.32. The van der Waals surface area contributed by atoms with Crippen LogP contribution in [0.2, 0.25) is 0 Å². The molecule has 1 unspecified atom stereocenters. The smallest absolute Gasteiger partial charge is 0.257 e. The zero-order valence-electron chi connectivity index (χ0n) is 20.0. The molecule has 0 aliphatic carbocycles. The average molecular weight is 460 g/mol. The lowest BCUT2D eigenvalue weighted by molar-refractivity contribution is -0.148. The van der Waals surface area contributed by atoms with Crippen molar-refractivity contribution in [1.29, 1.82) is 0 Å². The van der Waals surface area contributed by atoms with E-state index in [1.165, 1.54) is 0 Å². The summed E-state index contributed by atoms with van der Waals surface area (Å²) in [5.74, 6) is 1.18. The maximum atomic E-state index is 13.3. The fourth-order valence-corrected chi connectivity index (χ4v) is 3.89. The van der Waals surface area contributed by atoms with Crippen LogP contribution in [0.4, 0.5) is 0 Å². The molecule has 0 spiro atoms. The number of amides is 1. The Bertz CT molecular complexity index is 1050. The van der Waals surface area contributed by atoms with E-state index in [0.29, 0.717) is 44.1 Å². The SMILES string of the molecule is C=CCC(OCC)(C(=O)NCCc1ccc(OCc2ccccc2)c(OC)c1)c1ccccc1. The van der Waals surface area contributed by atoms with Gasteiger partial charge in [-0.15, -0.1) is 6.58 Å². The molecule has 0 aliphatic heterocycles. The summed E-state index contributed by atoms with van der Waals surface area (Å²) >= 11 is 0. The van der Waals surface area contributed by atoms with Crippen LogP contribution in [0.5, 0.6) is 11.5 Å². The highest BCUT2D eigenvalue weighted by molar-refractivity contribution is 5.86. The molecule has 0 heterocycles. The Morgan fingerprint density at radius 1 is 0.971 bits per heavy atom. The molecule has 0 aromatic heterocycles. The summed E-state index contributed by atoms with van der Waals surface area (Å²) in [7, 11) is 1.63. The van der Waals surface area contributed by atoms with E-state index in [-0.39, 0.29) is 5.91 Å². The zero-order valence-corrected chi connectivity index (χ0v) is 20.0. The van der Waals surface area contributed by atoms with Crippen LogP contribution < -0.4 is 14.8 Å². The van der Waals surface area contributed by atoms with Gasteiger partial charge in [0.05, 0.1) is 7.11 Å². The highest BCUT2D eigenvalue weighted by Crippen LogP contribution is 2.31. The Balaban J connectivity index is 1.64. The van der Waals surface area contributed by atoms with Crippen LogP contribution in [0.25, 0.3) is 0 Å². The van der Waals surface area contributed by atoms with Crippen molar-refractivity contribution in [3.8, 4) is 11.5 Å². The average Bonchev–Trinajstić information content (AvgIpc) is 2.88. The van der Waals surface area contributed by atoms with E-state index in [9.17, 15) is 4.79 Å². The number of hydrogen-bond acceptors (Lipinski definition) is 4. The lowest BCUT2D eigenvalue weighted by atomic mass is 9.89. The zero-order chi connectivity index (χ0) is 24.2. The third-order valence-electron chi connectivity index (χ3n) is 5.59. The van der Waals surface area contributed by atoms with Crippen molar-refractivity contribution >= 4 is 5.91 Å². The van der Waals surface area contributed by atoms with E-state index in [1.54, 1.807) is 13.2 Å². The summed E-state index contributed by atoms with van der Waals surface area (Å²) in [6.45, 7) is 7.08. The summed E-state index contributed by atoms with van der Waals surface area (Å²) in [6.07, 6.45) is 2.76. The minimum atomic E-state index is -1.09. The van der Waals surface area contributed by atoms with Crippen molar-refractivity contribution in [2.24, 2.45) is 0 Å². The van der Waals surface area contributed by atoms with Crippen molar-refractivity contribution in [2.75, 3.05) is 20.3 Å². The Hall–Kier alpha value is -3.57. The molecule has 3 rings (SSSR count). The molecule has 0 bridgehead atoms. The maximum Gasteiger partial charge on any atom is 0.257 e. The quantitative estimate of drug-likeness (QED) is 0.346. The third kappa shape index (κ3) is 6.27. The van der Waals surface area contributed by atoms with Gasteiger partial charge in [0.15, 0.2) is 17.1 Å². The van der Waals surface area contributed by atoms with E-state index >= 15 is 0 Å². The second kappa shape index (κ2) is 12.6. The molecule has 178 valence electrons. The van der Waals surface area contributed by atoms with Crippen LogP contribution in [0, 0.1) is 0 Å². The largest absolute Gasteiger partial charge is 0.493 e. The van der Waals surface area contributed by atoms with Crippen LogP contribution in [-0.2, 0) is 28.2 Å². The van der Waals surface area contributed by atoms with Gasteiger partial charge in [-0.3, -0.25) is 4.79 Å². The van der Waals surface area contributed by atoms with Gasteiger partial charge in [0.25, 0.3) is 5.91 Å². The first-order valence-electron chi connectivity index (χ1n) is 11.5. The normalized spacial score (nSPS) is 12.4. The van der Waals surface area contributed by atoms with Crippen LogP contribution in [0.1, 0.15) is 30.0 Å².